The zero-order valence-corrected chi connectivity index (χ0v) is 10.3. The lowest BCUT2D eigenvalue weighted by molar-refractivity contribution is 0.0982. The second-order valence-corrected chi connectivity index (χ2v) is 3.91. The lowest BCUT2D eigenvalue weighted by atomic mass is 10.2. The molecule has 1 aromatic heterocycles. The summed E-state index contributed by atoms with van der Waals surface area (Å²) in [6, 6.07) is 15.1. The number of ketones is 1. The molecule has 3 nitrogen and oxygen atoms in total. The number of rotatable bonds is 5. The Morgan fingerprint density at radius 2 is 1.89 bits per heavy atom. The Morgan fingerprint density at radius 3 is 2.61 bits per heavy atom. The van der Waals surface area contributed by atoms with Gasteiger partial charge in [-0.2, -0.15) is 0 Å². The molecule has 2 aromatic rings. The van der Waals surface area contributed by atoms with Gasteiger partial charge in [-0.3, -0.25) is 4.79 Å². The molecule has 0 aliphatic heterocycles. The van der Waals surface area contributed by atoms with E-state index in [1.165, 1.54) is 0 Å². The SMILES string of the molecule is CCC(=O)c1cccc(OCc2ccccc2)n1. The summed E-state index contributed by atoms with van der Waals surface area (Å²) in [6.07, 6.45) is 0.454. The topological polar surface area (TPSA) is 39.2 Å². The van der Waals surface area contributed by atoms with Gasteiger partial charge in [-0.25, -0.2) is 4.98 Å². The molecule has 2 rings (SSSR count). The second kappa shape index (κ2) is 5.96. The summed E-state index contributed by atoms with van der Waals surface area (Å²) in [5.74, 6) is 0.512. The van der Waals surface area contributed by atoms with Crippen LogP contribution in [0.15, 0.2) is 48.5 Å². The first-order valence-corrected chi connectivity index (χ1v) is 5.96. The fraction of sp³-hybridized carbons (Fsp3) is 0.200. The Morgan fingerprint density at radius 1 is 1.11 bits per heavy atom. The van der Waals surface area contributed by atoms with Gasteiger partial charge in [0.1, 0.15) is 12.3 Å². The summed E-state index contributed by atoms with van der Waals surface area (Å²) in [5.41, 5.74) is 1.54. The number of nitrogens with zero attached hydrogens (tertiary/aromatic N) is 1. The van der Waals surface area contributed by atoms with Crippen LogP contribution < -0.4 is 4.74 Å². The van der Waals surface area contributed by atoms with E-state index in [9.17, 15) is 4.79 Å². The summed E-state index contributed by atoms with van der Waals surface area (Å²) in [5, 5.41) is 0. The summed E-state index contributed by atoms with van der Waals surface area (Å²) in [4.78, 5) is 15.7. The van der Waals surface area contributed by atoms with Crippen molar-refractivity contribution in [1.29, 1.82) is 0 Å². The molecule has 0 atom stereocenters. The van der Waals surface area contributed by atoms with Crippen LogP contribution >= 0.6 is 0 Å². The third kappa shape index (κ3) is 3.17. The van der Waals surface area contributed by atoms with Crippen molar-refractivity contribution in [1.82, 2.24) is 4.98 Å². The van der Waals surface area contributed by atoms with Crippen molar-refractivity contribution in [2.24, 2.45) is 0 Å². The molecule has 0 aliphatic carbocycles. The van der Waals surface area contributed by atoms with E-state index in [0.29, 0.717) is 24.6 Å². The standard InChI is InChI=1S/C15H15NO2/c1-2-14(17)13-9-6-10-15(16-13)18-11-12-7-4-3-5-8-12/h3-10H,2,11H2,1H3. The number of hydrogen-bond donors (Lipinski definition) is 0. The van der Waals surface area contributed by atoms with Crippen LogP contribution in [-0.4, -0.2) is 10.8 Å². The second-order valence-electron chi connectivity index (χ2n) is 3.91. The molecular weight excluding hydrogens is 226 g/mol. The molecule has 0 amide bonds. The number of pyridine rings is 1. The summed E-state index contributed by atoms with van der Waals surface area (Å²) in [6.45, 7) is 2.28. The molecule has 0 radical (unpaired) electrons. The van der Waals surface area contributed by atoms with E-state index in [1.807, 2.05) is 37.3 Å². The highest BCUT2D eigenvalue weighted by Crippen LogP contribution is 2.11. The normalized spacial score (nSPS) is 10.1. The van der Waals surface area contributed by atoms with E-state index in [4.69, 9.17) is 4.74 Å². The molecule has 1 aromatic carbocycles. The van der Waals surface area contributed by atoms with E-state index >= 15 is 0 Å². The van der Waals surface area contributed by atoms with E-state index in [2.05, 4.69) is 4.98 Å². The van der Waals surface area contributed by atoms with Crippen molar-refractivity contribution in [3.63, 3.8) is 0 Å². The van der Waals surface area contributed by atoms with Crippen molar-refractivity contribution in [3.05, 3.63) is 59.8 Å². The summed E-state index contributed by atoms with van der Waals surface area (Å²) < 4.78 is 5.56. The first-order valence-electron chi connectivity index (χ1n) is 5.96. The number of carbonyl (C=O) groups is 1. The van der Waals surface area contributed by atoms with Crippen LogP contribution in [0.1, 0.15) is 29.4 Å². The third-order valence-corrected chi connectivity index (χ3v) is 2.56. The lowest BCUT2D eigenvalue weighted by Crippen LogP contribution is -2.03. The number of carbonyl (C=O) groups excluding carboxylic acids is 1. The molecule has 1 heterocycles. The maximum Gasteiger partial charge on any atom is 0.214 e. The van der Waals surface area contributed by atoms with Gasteiger partial charge >= 0.3 is 0 Å². The van der Waals surface area contributed by atoms with Gasteiger partial charge in [0.15, 0.2) is 5.78 Å². The molecular formula is C15H15NO2. The predicted octanol–water partition coefficient (Wildman–Crippen LogP) is 3.25. The molecule has 0 N–H and O–H groups in total. The van der Waals surface area contributed by atoms with Gasteiger partial charge in [-0.05, 0) is 11.6 Å². The molecule has 92 valence electrons. The van der Waals surface area contributed by atoms with Gasteiger partial charge in [-0.15, -0.1) is 0 Å². The molecule has 3 heteroatoms. The first kappa shape index (κ1) is 12.3. The van der Waals surface area contributed by atoms with E-state index in [-0.39, 0.29) is 5.78 Å². The molecule has 18 heavy (non-hydrogen) atoms. The van der Waals surface area contributed by atoms with Crippen molar-refractivity contribution < 1.29 is 9.53 Å². The highest BCUT2D eigenvalue weighted by atomic mass is 16.5. The average Bonchev–Trinajstić information content (AvgIpc) is 2.45. The Hall–Kier alpha value is -2.16. The van der Waals surface area contributed by atoms with Gasteiger partial charge in [0, 0.05) is 12.5 Å². The Kier molecular flexibility index (Phi) is 4.07. The van der Waals surface area contributed by atoms with Crippen LogP contribution in [0.2, 0.25) is 0 Å². The number of ether oxygens (including phenoxy) is 1. The van der Waals surface area contributed by atoms with Gasteiger partial charge < -0.3 is 4.74 Å². The minimum absolute atomic E-state index is 0.0279. The number of aromatic nitrogens is 1. The number of Topliss-reactive ketones (excluding diaryl/α,β-unsaturated/α-hetero) is 1. The summed E-state index contributed by atoms with van der Waals surface area (Å²) >= 11 is 0. The average molecular weight is 241 g/mol. The maximum atomic E-state index is 11.5. The van der Waals surface area contributed by atoms with Crippen molar-refractivity contribution in [2.75, 3.05) is 0 Å². The van der Waals surface area contributed by atoms with Crippen LogP contribution in [0.25, 0.3) is 0 Å². The molecule has 0 bridgehead atoms. The van der Waals surface area contributed by atoms with Crippen LogP contribution in [0.5, 0.6) is 5.88 Å². The van der Waals surface area contributed by atoms with Crippen molar-refractivity contribution in [2.45, 2.75) is 20.0 Å². The Bertz CT molecular complexity index is 523. The quantitative estimate of drug-likeness (QED) is 0.754. The summed E-state index contributed by atoms with van der Waals surface area (Å²) in [7, 11) is 0. The van der Waals surface area contributed by atoms with Crippen molar-refractivity contribution in [3.8, 4) is 5.88 Å². The third-order valence-electron chi connectivity index (χ3n) is 2.56. The van der Waals surface area contributed by atoms with Gasteiger partial charge in [0.2, 0.25) is 5.88 Å². The molecule has 0 aliphatic rings. The number of hydrogen-bond acceptors (Lipinski definition) is 3. The smallest absolute Gasteiger partial charge is 0.214 e. The van der Waals surface area contributed by atoms with Crippen molar-refractivity contribution >= 4 is 5.78 Å². The van der Waals surface area contributed by atoms with E-state index < -0.39 is 0 Å². The van der Waals surface area contributed by atoms with E-state index in [1.54, 1.807) is 18.2 Å². The molecule has 0 fully saturated rings. The minimum Gasteiger partial charge on any atom is -0.473 e. The van der Waals surface area contributed by atoms with E-state index in [0.717, 1.165) is 5.56 Å². The first-order chi connectivity index (χ1) is 8.79. The Labute approximate surface area is 106 Å². The molecule has 0 spiro atoms. The zero-order chi connectivity index (χ0) is 12.8. The number of benzene rings is 1. The fourth-order valence-electron chi connectivity index (χ4n) is 1.56. The van der Waals surface area contributed by atoms with Gasteiger partial charge in [0.25, 0.3) is 0 Å². The van der Waals surface area contributed by atoms with Crippen LogP contribution in [0, 0.1) is 0 Å². The monoisotopic (exact) mass is 241 g/mol. The fourth-order valence-corrected chi connectivity index (χ4v) is 1.56. The molecule has 0 saturated heterocycles. The van der Waals surface area contributed by atoms with Gasteiger partial charge in [0.05, 0.1) is 0 Å². The maximum absolute atomic E-state index is 11.5. The Balaban J connectivity index is 2.04. The lowest BCUT2D eigenvalue weighted by Gasteiger charge is -2.06. The highest BCUT2D eigenvalue weighted by Gasteiger charge is 2.05. The molecule has 0 saturated carbocycles. The van der Waals surface area contributed by atoms with Gasteiger partial charge in [-0.1, -0.05) is 43.3 Å². The molecule has 0 unspecified atom stereocenters. The van der Waals surface area contributed by atoms with Crippen LogP contribution in [-0.2, 0) is 6.61 Å². The van der Waals surface area contributed by atoms with Crippen LogP contribution in [0.4, 0.5) is 0 Å². The predicted molar refractivity (Wildman–Crippen MR) is 69.6 cm³/mol. The van der Waals surface area contributed by atoms with Crippen LogP contribution in [0.3, 0.4) is 0 Å². The minimum atomic E-state index is 0.0279. The largest absolute Gasteiger partial charge is 0.473 e. The highest BCUT2D eigenvalue weighted by molar-refractivity contribution is 5.94. The zero-order valence-electron chi connectivity index (χ0n) is 10.3.